The largest absolute Gasteiger partial charge is 0.341 e. The molecule has 1 atom stereocenters. The number of hydrogen-bond donors (Lipinski definition) is 1. The first-order chi connectivity index (χ1) is 7.32. The van der Waals surface area contributed by atoms with E-state index < -0.39 is 0 Å². The van der Waals surface area contributed by atoms with E-state index in [9.17, 15) is 4.79 Å². The number of carbonyl (C=O) groups is 1. The maximum atomic E-state index is 12.1. The second kappa shape index (κ2) is 5.17. The molecule has 3 nitrogen and oxygen atoms in total. The summed E-state index contributed by atoms with van der Waals surface area (Å²) in [5.74, 6) is 0.623. The van der Waals surface area contributed by atoms with Gasteiger partial charge in [0.05, 0.1) is 6.04 Å². The molecule has 1 aliphatic heterocycles. The Hall–Kier alpha value is -0.570. The summed E-state index contributed by atoms with van der Waals surface area (Å²) < 4.78 is 0. The zero-order valence-corrected chi connectivity index (χ0v) is 11.1. The molecule has 1 amide bonds. The van der Waals surface area contributed by atoms with Crippen LogP contribution in [0.1, 0.15) is 47.0 Å². The maximum Gasteiger partial charge on any atom is 0.239 e. The molecule has 0 aromatic rings. The molecule has 1 saturated heterocycles. The van der Waals surface area contributed by atoms with E-state index >= 15 is 0 Å². The van der Waals surface area contributed by atoms with E-state index in [4.69, 9.17) is 5.73 Å². The van der Waals surface area contributed by atoms with Crippen molar-refractivity contribution in [2.75, 3.05) is 13.1 Å². The number of nitrogens with two attached hydrogens (primary N) is 1. The lowest BCUT2D eigenvalue weighted by Crippen LogP contribution is -2.50. The van der Waals surface area contributed by atoms with Gasteiger partial charge in [-0.15, -0.1) is 0 Å². The van der Waals surface area contributed by atoms with E-state index in [1.54, 1.807) is 0 Å². The summed E-state index contributed by atoms with van der Waals surface area (Å²) in [4.78, 5) is 14.1. The van der Waals surface area contributed by atoms with Gasteiger partial charge < -0.3 is 10.6 Å². The number of rotatable bonds is 3. The highest BCUT2D eigenvalue weighted by atomic mass is 16.2. The minimum atomic E-state index is -0.311. The second-order valence-corrected chi connectivity index (χ2v) is 6.26. The van der Waals surface area contributed by atoms with Crippen LogP contribution < -0.4 is 5.73 Å². The molecule has 0 unspecified atom stereocenters. The van der Waals surface area contributed by atoms with Crippen molar-refractivity contribution in [2.45, 2.75) is 53.0 Å². The summed E-state index contributed by atoms with van der Waals surface area (Å²) in [6.07, 6.45) is 3.10. The molecule has 1 heterocycles. The Kier molecular flexibility index (Phi) is 4.36. The Morgan fingerprint density at radius 2 is 2.06 bits per heavy atom. The van der Waals surface area contributed by atoms with Crippen LogP contribution in [0.25, 0.3) is 0 Å². The Labute approximate surface area is 99.4 Å². The van der Waals surface area contributed by atoms with E-state index in [-0.39, 0.29) is 17.4 Å². The molecule has 2 N–H and O–H groups in total. The Bertz CT molecular complexity index is 248. The first kappa shape index (κ1) is 13.5. The zero-order valence-electron chi connectivity index (χ0n) is 11.1. The highest BCUT2D eigenvalue weighted by Crippen LogP contribution is 2.28. The van der Waals surface area contributed by atoms with E-state index in [0.717, 1.165) is 25.9 Å². The summed E-state index contributed by atoms with van der Waals surface area (Å²) in [5, 5.41) is 0. The third-order valence-electron chi connectivity index (χ3n) is 3.25. The van der Waals surface area contributed by atoms with Gasteiger partial charge in [0.1, 0.15) is 0 Å². The predicted octanol–water partition coefficient (Wildman–Crippen LogP) is 2.01. The molecule has 0 aliphatic carbocycles. The highest BCUT2D eigenvalue weighted by molar-refractivity contribution is 5.81. The van der Waals surface area contributed by atoms with Gasteiger partial charge in [0.25, 0.3) is 0 Å². The Balaban J connectivity index is 2.53. The molecule has 94 valence electrons. The van der Waals surface area contributed by atoms with Crippen molar-refractivity contribution >= 4 is 5.91 Å². The summed E-state index contributed by atoms with van der Waals surface area (Å²) >= 11 is 0. The van der Waals surface area contributed by atoms with Crippen molar-refractivity contribution in [3.63, 3.8) is 0 Å². The smallest absolute Gasteiger partial charge is 0.239 e. The minimum Gasteiger partial charge on any atom is -0.341 e. The maximum absolute atomic E-state index is 12.1. The lowest BCUT2D eigenvalue weighted by molar-refractivity contribution is -0.136. The number of hydrogen-bond acceptors (Lipinski definition) is 2. The fourth-order valence-corrected chi connectivity index (χ4v) is 2.45. The number of carbonyl (C=O) groups excluding carboxylic acids is 1. The van der Waals surface area contributed by atoms with Gasteiger partial charge in [-0.3, -0.25) is 4.79 Å². The van der Waals surface area contributed by atoms with Gasteiger partial charge in [0, 0.05) is 13.1 Å². The summed E-state index contributed by atoms with van der Waals surface area (Å²) in [6.45, 7) is 10.4. The molecule has 1 fully saturated rings. The van der Waals surface area contributed by atoms with Crippen LogP contribution in [0.4, 0.5) is 0 Å². The SMILES string of the molecule is CC(C)C[C@H](N)C(=O)N1CCCC(C)(C)C1. The van der Waals surface area contributed by atoms with E-state index in [0.29, 0.717) is 5.92 Å². The molecule has 0 saturated carbocycles. The molecule has 0 radical (unpaired) electrons. The van der Waals surface area contributed by atoms with Crippen LogP contribution in [-0.4, -0.2) is 29.9 Å². The van der Waals surface area contributed by atoms with Crippen molar-refractivity contribution in [3.8, 4) is 0 Å². The Morgan fingerprint density at radius 1 is 1.44 bits per heavy atom. The lowest BCUT2D eigenvalue weighted by Gasteiger charge is -2.39. The highest BCUT2D eigenvalue weighted by Gasteiger charge is 2.31. The van der Waals surface area contributed by atoms with Crippen LogP contribution in [0, 0.1) is 11.3 Å². The van der Waals surface area contributed by atoms with Crippen LogP contribution in [0.2, 0.25) is 0 Å². The predicted molar refractivity (Wildman–Crippen MR) is 67.0 cm³/mol. The van der Waals surface area contributed by atoms with Gasteiger partial charge in [-0.2, -0.15) is 0 Å². The van der Waals surface area contributed by atoms with Crippen molar-refractivity contribution < 1.29 is 4.79 Å². The van der Waals surface area contributed by atoms with Crippen LogP contribution >= 0.6 is 0 Å². The monoisotopic (exact) mass is 226 g/mol. The number of nitrogens with zero attached hydrogens (tertiary/aromatic N) is 1. The number of piperidine rings is 1. The van der Waals surface area contributed by atoms with Gasteiger partial charge in [0.15, 0.2) is 0 Å². The molecule has 0 aromatic heterocycles. The molecule has 3 heteroatoms. The van der Waals surface area contributed by atoms with Crippen molar-refractivity contribution in [1.29, 1.82) is 0 Å². The quantitative estimate of drug-likeness (QED) is 0.800. The number of amides is 1. The van der Waals surface area contributed by atoms with Crippen molar-refractivity contribution in [2.24, 2.45) is 17.1 Å². The first-order valence-corrected chi connectivity index (χ1v) is 6.36. The molecule has 0 spiro atoms. The van der Waals surface area contributed by atoms with E-state index in [2.05, 4.69) is 27.7 Å². The molecule has 1 aliphatic rings. The average Bonchev–Trinajstić information content (AvgIpc) is 2.13. The second-order valence-electron chi connectivity index (χ2n) is 6.26. The van der Waals surface area contributed by atoms with Gasteiger partial charge in [-0.1, -0.05) is 27.7 Å². The molecule has 0 bridgehead atoms. The van der Waals surface area contributed by atoms with E-state index in [1.807, 2.05) is 4.90 Å². The van der Waals surface area contributed by atoms with Crippen LogP contribution in [0.3, 0.4) is 0 Å². The minimum absolute atomic E-state index is 0.140. The third-order valence-corrected chi connectivity index (χ3v) is 3.25. The summed E-state index contributed by atoms with van der Waals surface area (Å²) in [6, 6.07) is -0.311. The molecular formula is C13H26N2O. The first-order valence-electron chi connectivity index (χ1n) is 6.36. The average molecular weight is 226 g/mol. The van der Waals surface area contributed by atoms with E-state index in [1.165, 1.54) is 6.42 Å². The van der Waals surface area contributed by atoms with Crippen LogP contribution in [0.15, 0.2) is 0 Å². The summed E-state index contributed by atoms with van der Waals surface area (Å²) in [7, 11) is 0. The van der Waals surface area contributed by atoms with Gasteiger partial charge in [-0.25, -0.2) is 0 Å². The summed E-state index contributed by atoms with van der Waals surface area (Å²) in [5.41, 5.74) is 6.20. The lowest BCUT2D eigenvalue weighted by atomic mass is 9.84. The van der Waals surface area contributed by atoms with Gasteiger partial charge >= 0.3 is 0 Å². The van der Waals surface area contributed by atoms with Crippen molar-refractivity contribution in [3.05, 3.63) is 0 Å². The Morgan fingerprint density at radius 3 is 2.56 bits per heavy atom. The normalized spacial score (nSPS) is 22.2. The third kappa shape index (κ3) is 3.78. The van der Waals surface area contributed by atoms with Crippen molar-refractivity contribution in [1.82, 2.24) is 4.90 Å². The zero-order chi connectivity index (χ0) is 12.3. The van der Waals surface area contributed by atoms with Gasteiger partial charge in [0.2, 0.25) is 5.91 Å². The standard InChI is InChI=1S/C13H26N2O/c1-10(2)8-11(14)12(16)15-7-5-6-13(3,4)9-15/h10-11H,5-9,14H2,1-4H3/t11-/m0/s1. The topological polar surface area (TPSA) is 46.3 Å². The molecular weight excluding hydrogens is 200 g/mol. The molecule has 0 aromatic carbocycles. The molecule has 16 heavy (non-hydrogen) atoms. The fraction of sp³-hybridized carbons (Fsp3) is 0.923. The fourth-order valence-electron chi connectivity index (χ4n) is 2.45. The van der Waals surface area contributed by atoms with Crippen LogP contribution in [-0.2, 0) is 4.79 Å². The molecule has 1 rings (SSSR count). The van der Waals surface area contributed by atoms with Crippen LogP contribution in [0.5, 0.6) is 0 Å². The number of likely N-dealkylation sites (tertiary alicyclic amines) is 1. The van der Waals surface area contributed by atoms with Gasteiger partial charge in [-0.05, 0) is 30.6 Å².